The number of rotatable bonds is 8. The third-order valence-electron chi connectivity index (χ3n) is 2.86. The first-order valence-corrected chi connectivity index (χ1v) is 7.88. The van der Waals surface area contributed by atoms with Crippen molar-refractivity contribution in [1.29, 1.82) is 0 Å². The summed E-state index contributed by atoms with van der Waals surface area (Å²) in [6.45, 7) is 7.53. The van der Waals surface area contributed by atoms with Crippen LogP contribution in [-0.2, 0) is 0 Å². The van der Waals surface area contributed by atoms with E-state index in [0.717, 1.165) is 18.7 Å². The van der Waals surface area contributed by atoms with Crippen LogP contribution in [0.1, 0.15) is 43.9 Å². The molecular formula is C14H25N3S. The predicted octanol–water partition coefficient (Wildman–Crippen LogP) is 3.16. The lowest BCUT2D eigenvalue weighted by atomic mass is 10.0. The summed E-state index contributed by atoms with van der Waals surface area (Å²) < 4.78 is 0. The molecule has 1 atom stereocenters. The number of aryl methyl sites for hydroxylation is 1. The Morgan fingerprint density at radius 1 is 1.39 bits per heavy atom. The summed E-state index contributed by atoms with van der Waals surface area (Å²) in [6, 6.07) is 2.35. The first kappa shape index (κ1) is 15.3. The summed E-state index contributed by atoms with van der Waals surface area (Å²) in [5, 5.41) is 3.59. The van der Waals surface area contributed by atoms with Crippen molar-refractivity contribution in [3.8, 4) is 0 Å². The van der Waals surface area contributed by atoms with Gasteiger partial charge in [-0.2, -0.15) is 11.8 Å². The number of hydrogen-bond acceptors (Lipinski definition) is 4. The number of anilines is 1. The Hall–Kier alpha value is -0.740. The molecule has 1 aromatic heterocycles. The van der Waals surface area contributed by atoms with Gasteiger partial charge in [-0.05, 0) is 43.7 Å². The van der Waals surface area contributed by atoms with Gasteiger partial charge < -0.3 is 11.1 Å². The van der Waals surface area contributed by atoms with E-state index >= 15 is 0 Å². The number of nitrogens with one attached hydrogen (secondary N) is 1. The van der Waals surface area contributed by atoms with Crippen LogP contribution in [0.25, 0.3) is 0 Å². The molecule has 1 heterocycles. The fourth-order valence-electron chi connectivity index (χ4n) is 1.95. The highest BCUT2D eigenvalue weighted by molar-refractivity contribution is 7.99. The highest BCUT2D eigenvalue weighted by Gasteiger charge is 2.16. The molecule has 0 aliphatic carbocycles. The van der Waals surface area contributed by atoms with Gasteiger partial charge in [-0.15, -0.1) is 0 Å². The second kappa shape index (κ2) is 8.38. The minimum atomic E-state index is 0.315. The lowest BCUT2D eigenvalue weighted by Gasteiger charge is -2.21. The smallest absolute Gasteiger partial charge is 0.128 e. The van der Waals surface area contributed by atoms with Crippen molar-refractivity contribution in [2.75, 3.05) is 23.8 Å². The van der Waals surface area contributed by atoms with Gasteiger partial charge >= 0.3 is 0 Å². The molecule has 0 saturated heterocycles. The van der Waals surface area contributed by atoms with Crippen LogP contribution in [0, 0.1) is 6.92 Å². The van der Waals surface area contributed by atoms with Crippen molar-refractivity contribution in [2.45, 2.75) is 39.7 Å². The minimum Gasteiger partial charge on any atom is -0.383 e. The molecule has 0 amide bonds. The van der Waals surface area contributed by atoms with E-state index in [1.807, 2.05) is 17.8 Å². The zero-order valence-electron chi connectivity index (χ0n) is 11.7. The van der Waals surface area contributed by atoms with Crippen LogP contribution in [-0.4, -0.2) is 23.0 Å². The van der Waals surface area contributed by atoms with Crippen LogP contribution in [0.2, 0.25) is 0 Å². The largest absolute Gasteiger partial charge is 0.383 e. The number of nitrogens with zero attached hydrogens (tertiary/aromatic N) is 1. The number of nitrogen functional groups attached to an aromatic ring is 1. The van der Waals surface area contributed by atoms with E-state index in [1.54, 1.807) is 6.20 Å². The second-order valence-electron chi connectivity index (χ2n) is 4.51. The van der Waals surface area contributed by atoms with Crippen molar-refractivity contribution in [3.05, 3.63) is 23.4 Å². The van der Waals surface area contributed by atoms with E-state index in [2.05, 4.69) is 31.1 Å². The summed E-state index contributed by atoms with van der Waals surface area (Å²) in [4.78, 5) is 4.23. The SMILES string of the molecule is CCCNC(CSCCC)c1c(C)ccnc1N. The fourth-order valence-corrected chi connectivity index (χ4v) is 2.93. The molecule has 3 N–H and O–H groups in total. The van der Waals surface area contributed by atoms with Crippen molar-refractivity contribution in [1.82, 2.24) is 10.3 Å². The van der Waals surface area contributed by atoms with Crippen LogP contribution >= 0.6 is 11.8 Å². The van der Waals surface area contributed by atoms with Crippen molar-refractivity contribution >= 4 is 17.6 Å². The average Bonchev–Trinajstić information content (AvgIpc) is 2.35. The van der Waals surface area contributed by atoms with E-state index in [9.17, 15) is 0 Å². The maximum absolute atomic E-state index is 6.04. The molecule has 1 unspecified atom stereocenters. The van der Waals surface area contributed by atoms with Crippen molar-refractivity contribution in [2.24, 2.45) is 0 Å². The summed E-state index contributed by atoms with van der Waals surface area (Å²) in [6.07, 6.45) is 4.13. The Kier molecular flexibility index (Phi) is 7.13. The zero-order chi connectivity index (χ0) is 13.4. The normalized spacial score (nSPS) is 12.6. The summed E-state index contributed by atoms with van der Waals surface area (Å²) in [7, 11) is 0. The Bertz CT molecular complexity index is 335. The summed E-state index contributed by atoms with van der Waals surface area (Å²) >= 11 is 1.98. The predicted molar refractivity (Wildman–Crippen MR) is 82.0 cm³/mol. The van der Waals surface area contributed by atoms with Gasteiger partial charge in [0.1, 0.15) is 5.82 Å². The summed E-state index contributed by atoms with van der Waals surface area (Å²) in [5.41, 5.74) is 8.44. The molecule has 0 aromatic carbocycles. The molecule has 0 saturated carbocycles. The van der Waals surface area contributed by atoms with Crippen molar-refractivity contribution in [3.63, 3.8) is 0 Å². The third-order valence-corrected chi connectivity index (χ3v) is 4.13. The van der Waals surface area contributed by atoms with E-state index in [1.165, 1.54) is 23.3 Å². The van der Waals surface area contributed by atoms with E-state index in [4.69, 9.17) is 5.73 Å². The van der Waals surface area contributed by atoms with Crippen LogP contribution in [0.4, 0.5) is 5.82 Å². The molecular weight excluding hydrogens is 242 g/mol. The van der Waals surface area contributed by atoms with Crippen LogP contribution in [0.15, 0.2) is 12.3 Å². The van der Waals surface area contributed by atoms with E-state index in [0.29, 0.717) is 11.9 Å². The number of thioether (sulfide) groups is 1. The van der Waals surface area contributed by atoms with Gasteiger partial charge in [0, 0.05) is 23.6 Å². The van der Waals surface area contributed by atoms with Gasteiger partial charge in [0.05, 0.1) is 0 Å². The second-order valence-corrected chi connectivity index (χ2v) is 5.66. The number of nitrogens with two attached hydrogens (primary N) is 1. The first-order chi connectivity index (χ1) is 8.70. The van der Waals surface area contributed by atoms with Crippen LogP contribution in [0.5, 0.6) is 0 Å². The molecule has 1 rings (SSSR count). The number of aromatic nitrogens is 1. The molecule has 0 aliphatic heterocycles. The number of hydrogen-bond donors (Lipinski definition) is 2. The van der Waals surface area contributed by atoms with Gasteiger partial charge in [0.15, 0.2) is 0 Å². The molecule has 0 fully saturated rings. The molecule has 4 heteroatoms. The molecule has 1 aromatic rings. The molecule has 0 aliphatic rings. The lowest BCUT2D eigenvalue weighted by Crippen LogP contribution is -2.26. The molecule has 0 radical (unpaired) electrons. The maximum atomic E-state index is 6.04. The van der Waals surface area contributed by atoms with Gasteiger partial charge in [-0.3, -0.25) is 0 Å². The number of pyridine rings is 1. The molecule has 102 valence electrons. The van der Waals surface area contributed by atoms with E-state index < -0.39 is 0 Å². The van der Waals surface area contributed by atoms with Crippen LogP contribution < -0.4 is 11.1 Å². The molecule has 0 bridgehead atoms. The highest BCUT2D eigenvalue weighted by atomic mass is 32.2. The Labute approximate surface area is 115 Å². The molecule has 18 heavy (non-hydrogen) atoms. The standard InChI is InChI=1S/C14H25N3S/c1-4-7-16-12(10-18-9-5-2)13-11(3)6-8-17-14(13)15/h6,8,12,16H,4-5,7,9-10H2,1-3H3,(H2,15,17). The highest BCUT2D eigenvalue weighted by Crippen LogP contribution is 2.25. The van der Waals surface area contributed by atoms with Crippen molar-refractivity contribution < 1.29 is 0 Å². The Balaban J connectivity index is 2.79. The summed E-state index contributed by atoms with van der Waals surface area (Å²) in [5.74, 6) is 2.93. The van der Waals surface area contributed by atoms with Gasteiger partial charge in [-0.25, -0.2) is 4.98 Å². The Morgan fingerprint density at radius 2 is 2.17 bits per heavy atom. The molecule has 3 nitrogen and oxygen atoms in total. The first-order valence-electron chi connectivity index (χ1n) is 6.72. The maximum Gasteiger partial charge on any atom is 0.128 e. The lowest BCUT2D eigenvalue weighted by molar-refractivity contribution is 0.575. The fraction of sp³-hybridized carbons (Fsp3) is 0.643. The quantitative estimate of drug-likeness (QED) is 0.710. The molecule has 0 spiro atoms. The van der Waals surface area contributed by atoms with E-state index in [-0.39, 0.29) is 0 Å². The topological polar surface area (TPSA) is 50.9 Å². The average molecular weight is 267 g/mol. The zero-order valence-corrected chi connectivity index (χ0v) is 12.5. The van der Waals surface area contributed by atoms with Gasteiger partial charge in [0.2, 0.25) is 0 Å². The van der Waals surface area contributed by atoms with Crippen LogP contribution in [0.3, 0.4) is 0 Å². The Morgan fingerprint density at radius 3 is 2.78 bits per heavy atom. The minimum absolute atomic E-state index is 0.315. The third kappa shape index (κ3) is 4.50. The monoisotopic (exact) mass is 267 g/mol. The van der Waals surface area contributed by atoms with Gasteiger partial charge in [-0.1, -0.05) is 13.8 Å². The van der Waals surface area contributed by atoms with Gasteiger partial charge in [0.25, 0.3) is 0 Å².